The molecule has 3 aromatic rings. The molecule has 3 nitrogen and oxygen atoms in total. The molecule has 16 heavy (non-hydrogen) atoms. The molecule has 0 aliphatic carbocycles. The zero-order valence-electron chi connectivity index (χ0n) is 8.56. The molecule has 76 valence electrons. The number of benzene rings is 2. The number of nitrogens with zero attached hydrogens (tertiary/aromatic N) is 3. The summed E-state index contributed by atoms with van der Waals surface area (Å²) in [6, 6.07) is 10.1. The van der Waals surface area contributed by atoms with Crippen molar-refractivity contribution < 1.29 is 0 Å². The van der Waals surface area contributed by atoms with Crippen molar-refractivity contribution in [2.45, 2.75) is 6.92 Å². The minimum absolute atomic E-state index is 0.630. The van der Waals surface area contributed by atoms with Gasteiger partial charge in [-0.2, -0.15) is 14.0 Å². The Hall–Kier alpha value is -1.99. The van der Waals surface area contributed by atoms with Crippen molar-refractivity contribution in [3.63, 3.8) is 0 Å². The molecule has 0 aliphatic rings. The smallest absolute Gasteiger partial charge is 0.123 e. The van der Waals surface area contributed by atoms with Gasteiger partial charge < -0.3 is 0 Å². The summed E-state index contributed by atoms with van der Waals surface area (Å²) < 4.78 is 8.46. The summed E-state index contributed by atoms with van der Waals surface area (Å²) in [5.41, 5.74) is 3.30. The molecule has 0 fully saturated rings. The normalized spacial score (nSPS) is 10.8. The van der Waals surface area contributed by atoms with Crippen LogP contribution in [-0.2, 0) is 0 Å². The highest BCUT2D eigenvalue weighted by Crippen LogP contribution is 2.30. The van der Waals surface area contributed by atoms with E-state index in [2.05, 4.69) is 14.8 Å². The predicted molar refractivity (Wildman–Crippen MR) is 64.4 cm³/mol. The van der Waals surface area contributed by atoms with E-state index in [0.29, 0.717) is 5.56 Å². The molecule has 1 heterocycles. The number of aryl methyl sites for hydroxylation is 1. The van der Waals surface area contributed by atoms with Gasteiger partial charge in [-0.1, -0.05) is 24.3 Å². The fourth-order valence-electron chi connectivity index (χ4n) is 2.00. The van der Waals surface area contributed by atoms with Gasteiger partial charge in [-0.25, -0.2) is 0 Å². The van der Waals surface area contributed by atoms with Crippen molar-refractivity contribution in [2.24, 2.45) is 0 Å². The molecule has 2 aromatic carbocycles. The van der Waals surface area contributed by atoms with Crippen LogP contribution in [0.25, 0.3) is 21.8 Å². The van der Waals surface area contributed by atoms with E-state index >= 15 is 0 Å². The first-order valence-corrected chi connectivity index (χ1v) is 5.59. The first-order valence-electron chi connectivity index (χ1n) is 4.86. The van der Waals surface area contributed by atoms with Gasteiger partial charge in [0.25, 0.3) is 0 Å². The second-order valence-corrected chi connectivity index (χ2v) is 4.15. The molecule has 0 N–H and O–H groups in total. The molecule has 0 unspecified atom stereocenters. The molecular formula is C12H7N3S. The Bertz CT molecular complexity index is 737. The van der Waals surface area contributed by atoms with Crippen LogP contribution in [0.4, 0.5) is 0 Å². The van der Waals surface area contributed by atoms with Gasteiger partial charge in [0, 0.05) is 5.39 Å². The fourth-order valence-corrected chi connectivity index (χ4v) is 2.60. The molecule has 0 amide bonds. The first kappa shape index (κ1) is 9.25. The molecule has 0 saturated heterocycles. The average molecular weight is 225 g/mol. The molecule has 0 saturated carbocycles. The molecule has 0 spiro atoms. The van der Waals surface area contributed by atoms with E-state index in [1.54, 1.807) is 0 Å². The fraction of sp³-hybridized carbons (Fsp3) is 0.0833. The van der Waals surface area contributed by atoms with E-state index in [0.717, 1.165) is 39.1 Å². The summed E-state index contributed by atoms with van der Waals surface area (Å²) in [5, 5.41) is 11.3. The van der Waals surface area contributed by atoms with Gasteiger partial charge >= 0.3 is 0 Å². The molecule has 3 rings (SSSR count). The summed E-state index contributed by atoms with van der Waals surface area (Å²) in [5.74, 6) is 0. The van der Waals surface area contributed by atoms with Crippen LogP contribution in [0, 0.1) is 18.3 Å². The first-order chi connectivity index (χ1) is 7.83. The van der Waals surface area contributed by atoms with Crippen LogP contribution in [0.2, 0.25) is 0 Å². The standard InChI is InChI=1S/C12H7N3S/c1-7-8-4-2-3-5-9(8)10(6-13)12-11(7)14-16-15-12/h2-5H,1H3. The third kappa shape index (κ3) is 1.06. The van der Waals surface area contributed by atoms with Gasteiger partial charge in [0.05, 0.1) is 17.3 Å². The monoisotopic (exact) mass is 225 g/mol. The largest absolute Gasteiger partial charge is 0.192 e. The van der Waals surface area contributed by atoms with E-state index in [4.69, 9.17) is 0 Å². The van der Waals surface area contributed by atoms with E-state index in [1.807, 2.05) is 31.2 Å². The number of rotatable bonds is 0. The van der Waals surface area contributed by atoms with Crippen LogP contribution in [0.15, 0.2) is 24.3 Å². The Morgan fingerprint density at radius 2 is 1.81 bits per heavy atom. The summed E-state index contributed by atoms with van der Waals surface area (Å²) in [6.45, 7) is 2.02. The van der Waals surface area contributed by atoms with Crippen molar-refractivity contribution in [3.8, 4) is 6.07 Å². The zero-order valence-corrected chi connectivity index (χ0v) is 9.38. The van der Waals surface area contributed by atoms with Crippen molar-refractivity contribution in [3.05, 3.63) is 35.4 Å². The third-order valence-corrected chi connectivity index (χ3v) is 3.32. The number of hydrogen-bond acceptors (Lipinski definition) is 4. The maximum Gasteiger partial charge on any atom is 0.123 e. The quantitative estimate of drug-likeness (QED) is 0.591. The van der Waals surface area contributed by atoms with Gasteiger partial charge in [-0.05, 0) is 17.9 Å². The van der Waals surface area contributed by atoms with Crippen LogP contribution in [0.3, 0.4) is 0 Å². The molecule has 0 aliphatic heterocycles. The van der Waals surface area contributed by atoms with Crippen LogP contribution in [0.5, 0.6) is 0 Å². The minimum Gasteiger partial charge on any atom is -0.192 e. The maximum atomic E-state index is 9.23. The van der Waals surface area contributed by atoms with Crippen molar-refractivity contribution in [2.75, 3.05) is 0 Å². The number of hydrogen-bond donors (Lipinski definition) is 0. The number of nitriles is 1. The topological polar surface area (TPSA) is 49.6 Å². The van der Waals surface area contributed by atoms with Crippen LogP contribution in [0.1, 0.15) is 11.1 Å². The highest BCUT2D eigenvalue weighted by atomic mass is 32.1. The van der Waals surface area contributed by atoms with E-state index in [9.17, 15) is 5.26 Å². The van der Waals surface area contributed by atoms with Gasteiger partial charge in [0.2, 0.25) is 0 Å². The molecule has 0 atom stereocenters. The Labute approximate surface area is 96.3 Å². The minimum atomic E-state index is 0.630. The summed E-state index contributed by atoms with van der Waals surface area (Å²) in [4.78, 5) is 0. The van der Waals surface area contributed by atoms with Gasteiger partial charge in [0.15, 0.2) is 0 Å². The van der Waals surface area contributed by atoms with Gasteiger partial charge in [-0.15, -0.1) is 0 Å². The molecule has 4 heteroatoms. The number of fused-ring (bicyclic) bond motifs is 2. The average Bonchev–Trinajstić information content (AvgIpc) is 2.79. The Balaban J connectivity index is 2.71. The molecule has 0 bridgehead atoms. The summed E-state index contributed by atoms with van der Waals surface area (Å²) >= 11 is 1.16. The maximum absolute atomic E-state index is 9.23. The molecular weight excluding hydrogens is 218 g/mol. The highest BCUT2D eigenvalue weighted by Gasteiger charge is 2.13. The summed E-state index contributed by atoms with van der Waals surface area (Å²) in [7, 11) is 0. The predicted octanol–water partition coefficient (Wildman–Crippen LogP) is 3.02. The third-order valence-electron chi connectivity index (χ3n) is 2.79. The van der Waals surface area contributed by atoms with Gasteiger partial charge in [-0.3, -0.25) is 0 Å². The number of aromatic nitrogens is 2. The zero-order chi connectivity index (χ0) is 11.1. The SMILES string of the molecule is Cc1c2ccccc2c(C#N)c2nsnc12. The molecule has 0 radical (unpaired) electrons. The highest BCUT2D eigenvalue weighted by molar-refractivity contribution is 7.00. The lowest BCUT2D eigenvalue weighted by Gasteiger charge is -2.04. The lowest BCUT2D eigenvalue weighted by atomic mass is 9.99. The Morgan fingerprint density at radius 1 is 1.12 bits per heavy atom. The second kappa shape index (κ2) is 3.26. The lowest BCUT2D eigenvalue weighted by molar-refractivity contribution is 1.48. The van der Waals surface area contributed by atoms with Gasteiger partial charge in [0.1, 0.15) is 17.1 Å². The van der Waals surface area contributed by atoms with Crippen LogP contribution >= 0.6 is 11.7 Å². The van der Waals surface area contributed by atoms with E-state index in [1.165, 1.54) is 0 Å². The van der Waals surface area contributed by atoms with Crippen LogP contribution < -0.4 is 0 Å². The summed E-state index contributed by atoms with van der Waals surface area (Å²) in [6.07, 6.45) is 0. The van der Waals surface area contributed by atoms with E-state index < -0.39 is 0 Å². The van der Waals surface area contributed by atoms with E-state index in [-0.39, 0.29) is 0 Å². The second-order valence-electron chi connectivity index (χ2n) is 3.62. The lowest BCUT2D eigenvalue weighted by Crippen LogP contribution is -1.87. The van der Waals surface area contributed by atoms with Crippen LogP contribution in [-0.4, -0.2) is 8.75 Å². The van der Waals surface area contributed by atoms with Crippen molar-refractivity contribution in [1.82, 2.24) is 8.75 Å². The Kier molecular flexibility index (Phi) is 1.88. The molecule has 1 aromatic heterocycles. The van der Waals surface area contributed by atoms with Crippen molar-refractivity contribution in [1.29, 1.82) is 5.26 Å². The Morgan fingerprint density at radius 3 is 2.56 bits per heavy atom. The van der Waals surface area contributed by atoms with Crippen molar-refractivity contribution >= 4 is 33.5 Å².